The van der Waals surface area contributed by atoms with Gasteiger partial charge in [-0.05, 0) is 42.8 Å². The standard InChI is InChI=1S/C17H17N3O2/c1-11-10-12(6-7-15(11)18)19-8-9-20-16(21)13-4-2-3-5-14(13)17(20)22/h2-7,10,19H,8-9,18H2,1H3. The van der Waals surface area contributed by atoms with E-state index in [1.807, 2.05) is 25.1 Å². The zero-order valence-corrected chi connectivity index (χ0v) is 12.3. The Hall–Kier alpha value is -2.82. The Morgan fingerprint density at radius 2 is 1.68 bits per heavy atom. The number of fused-ring (bicyclic) bond motifs is 1. The Bertz CT molecular complexity index is 720. The first-order chi connectivity index (χ1) is 10.6. The highest BCUT2D eigenvalue weighted by molar-refractivity contribution is 6.21. The van der Waals surface area contributed by atoms with Crippen molar-refractivity contribution in [2.75, 3.05) is 24.1 Å². The molecule has 0 bridgehead atoms. The van der Waals surface area contributed by atoms with Crippen LogP contribution in [0.4, 0.5) is 11.4 Å². The second kappa shape index (κ2) is 5.52. The van der Waals surface area contributed by atoms with Crippen LogP contribution in [0, 0.1) is 6.92 Å². The number of nitrogens with zero attached hydrogens (tertiary/aromatic N) is 1. The van der Waals surface area contributed by atoms with E-state index in [9.17, 15) is 9.59 Å². The van der Waals surface area contributed by atoms with Gasteiger partial charge < -0.3 is 11.1 Å². The molecular weight excluding hydrogens is 278 g/mol. The van der Waals surface area contributed by atoms with Crippen LogP contribution in [0.2, 0.25) is 0 Å². The number of nitrogen functional groups attached to an aromatic ring is 1. The number of aryl methyl sites for hydroxylation is 1. The highest BCUT2D eigenvalue weighted by Crippen LogP contribution is 2.22. The molecule has 112 valence electrons. The number of hydrogen-bond donors (Lipinski definition) is 2. The molecule has 0 aromatic heterocycles. The summed E-state index contributed by atoms with van der Waals surface area (Å²) in [5.74, 6) is -0.452. The fraction of sp³-hybridized carbons (Fsp3) is 0.176. The molecule has 2 aromatic carbocycles. The number of anilines is 2. The quantitative estimate of drug-likeness (QED) is 0.670. The van der Waals surface area contributed by atoms with E-state index in [0.29, 0.717) is 24.2 Å². The van der Waals surface area contributed by atoms with E-state index < -0.39 is 0 Å². The molecule has 22 heavy (non-hydrogen) atoms. The first-order valence-electron chi connectivity index (χ1n) is 7.13. The van der Waals surface area contributed by atoms with Crippen LogP contribution in [-0.4, -0.2) is 29.8 Å². The maximum absolute atomic E-state index is 12.2. The van der Waals surface area contributed by atoms with Gasteiger partial charge >= 0.3 is 0 Å². The summed E-state index contributed by atoms with van der Waals surface area (Å²) in [6.45, 7) is 2.76. The number of hydrogen-bond acceptors (Lipinski definition) is 4. The number of nitrogens with two attached hydrogens (primary N) is 1. The second-order valence-corrected chi connectivity index (χ2v) is 5.31. The predicted molar refractivity (Wildman–Crippen MR) is 85.9 cm³/mol. The summed E-state index contributed by atoms with van der Waals surface area (Å²) in [4.78, 5) is 25.7. The molecule has 2 amide bonds. The Morgan fingerprint density at radius 3 is 2.27 bits per heavy atom. The lowest BCUT2D eigenvalue weighted by Gasteiger charge is -2.15. The minimum absolute atomic E-state index is 0.226. The van der Waals surface area contributed by atoms with Gasteiger partial charge in [0, 0.05) is 24.5 Å². The Morgan fingerprint density at radius 1 is 1.05 bits per heavy atom. The molecule has 0 saturated carbocycles. The van der Waals surface area contributed by atoms with Crippen LogP contribution in [0.3, 0.4) is 0 Å². The molecule has 1 aliphatic rings. The number of rotatable bonds is 4. The highest BCUT2D eigenvalue weighted by atomic mass is 16.2. The van der Waals surface area contributed by atoms with Crippen molar-refractivity contribution >= 4 is 23.2 Å². The first-order valence-corrected chi connectivity index (χ1v) is 7.13. The zero-order valence-electron chi connectivity index (χ0n) is 12.3. The van der Waals surface area contributed by atoms with Crippen LogP contribution in [0.5, 0.6) is 0 Å². The maximum atomic E-state index is 12.2. The minimum Gasteiger partial charge on any atom is -0.399 e. The zero-order chi connectivity index (χ0) is 15.7. The van der Waals surface area contributed by atoms with Crippen LogP contribution in [0.1, 0.15) is 26.3 Å². The van der Waals surface area contributed by atoms with Crippen molar-refractivity contribution in [2.24, 2.45) is 0 Å². The van der Waals surface area contributed by atoms with Gasteiger partial charge in [0.2, 0.25) is 0 Å². The molecule has 0 unspecified atom stereocenters. The normalized spacial score (nSPS) is 13.4. The van der Waals surface area contributed by atoms with E-state index in [1.165, 1.54) is 4.90 Å². The summed E-state index contributed by atoms with van der Waals surface area (Å²) in [7, 11) is 0. The van der Waals surface area contributed by atoms with Crippen LogP contribution in [0.25, 0.3) is 0 Å². The minimum atomic E-state index is -0.226. The van der Waals surface area contributed by atoms with Gasteiger partial charge in [0.15, 0.2) is 0 Å². The number of nitrogens with one attached hydrogen (secondary N) is 1. The lowest BCUT2D eigenvalue weighted by Crippen LogP contribution is -2.34. The summed E-state index contributed by atoms with van der Waals surface area (Å²) in [6.07, 6.45) is 0. The molecule has 3 rings (SSSR count). The average molecular weight is 295 g/mol. The Labute approximate surface area is 128 Å². The summed E-state index contributed by atoms with van der Waals surface area (Å²) >= 11 is 0. The molecule has 0 saturated heterocycles. The Kier molecular flexibility index (Phi) is 3.55. The Balaban J connectivity index is 1.64. The molecule has 0 aliphatic carbocycles. The molecule has 1 heterocycles. The lowest BCUT2D eigenvalue weighted by atomic mass is 10.1. The van der Waals surface area contributed by atoms with Crippen molar-refractivity contribution in [3.05, 3.63) is 59.2 Å². The second-order valence-electron chi connectivity index (χ2n) is 5.31. The van der Waals surface area contributed by atoms with Gasteiger partial charge in [-0.1, -0.05) is 12.1 Å². The summed E-state index contributed by atoms with van der Waals surface area (Å²) in [5, 5.41) is 3.21. The molecular formula is C17H17N3O2. The number of imide groups is 1. The monoisotopic (exact) mass is 295 g/mol. The van der Waals surface area contributed by atoms with E-state index in [4.69, 9.17) is 5.73 Å². The number of amides is 2. The predicted octanol–water partition coefficient (Wildman–Crippen LogP) is 2.29. The van der Waals surface area contributed by atoms with E-state index in [-0.39, 0.29) is 11.8 Å². The summed E-state index contributed by atoms with van der Waals surface area (Å²) < 4.78 is 0. The molecule has 0 spiro atoms. The van der Waals surface area contributed by atoms with Gasteiger partial charge in [0.05, 0.1) is 11.1 Å². The highest BCUT2D eigenvalue weighted by Gasteiger charge is 2.34. The van der Waals surface area contributed by atoms with Gasteiger partial charge in [0.25, 0.3) is 11.8 Å². The van der Waals surface area contributed by atoms with Gasteiger partial charge in [-0.25, -0.2) is 0 Å². The third-order valence-corrected chi connectivity index (χ3v) is 3.81. The molecule has 5 heteroatoms. The van der Waals surface area contributed by atoms with Crippen molar-refractivity contribution in [3.8, 4) is 0 Å². The molecule has 0 fully saturated rings. The van der Waals surface area contributed by atoms with Crippen LogP contribution in [0.15, 0.2) is 42.5 Å². The summed E-state index contributed by atoms with van der Waals surface area (Å²) in [6, 6.07) is 12.6. The van der Waals surface area contributed by atoms with Crippen molar-refractivity contribution in [1.82, 2.24) is 4.90 Å². The largest absolute Gasteiger partial charge is 0.399 e. The third-order valence-electron chi connectivity index (χ3n) is 3.81. The smallest absolute Gasteiger partial charge is 0.261 e. The van der Waals surface area contributed by atoms with Crippen LogP contribution < -0.4 is 11.1 Å². The van der Waals surface area contributed by atoms with Gasteiger partial charge in [-0.2, -0.15) is 0 Å². The fourth-order valence-electron chi connectivity index (χ4n) is 2.54. The number of carbonyl (C=O) groups excluding carboxylic acids is 2. The molecule has 5 nitrogen and oxygen atoms in total. The van der Waals surface area contributed by atoms with E-state index in [2.05, 4.69) is 5.32 Å². The maximum Gasteiger partial charge on any atom is 0.261 e. The topological polar surface area (TPSA) is 75.4 Å². The molecule has 3 N–H and O–H groups in total. The van der Waals surface area contributed by atoms with E-state index in [1.54, 1.807) is 24.3 Å². The van der Waals surface area contributed by atoms with E-state index in [0.717, 1.165) is 16.9 Å². The van der Waals surface area contributed by atoms with Crippen LogP contribution in [-0.2, 0) is 0 Å². The van der Waals surface area contributed by atoms with Gasteiger partial charge in [0.1, 0.15) is 0 Å². The van der Waals surface area contributed by atoms with Crippen molar-refractivity contribution < 1.29 is 9.59 Å². The molecule has 1 aliphatic heterocycles. The van der Waals surface area contributed by atoms with E-state index >= 15 is 0 Å². The summed E-state index contributed by atoms with van der Waals surface area (Å²) in [5.41, 5.74) is 9.39. The third kappa shape index (κ3) is 2.41. The number of carbonyl (C=O) groups is 2. The van der Waals surface area contributed by atoms with Crippen molar-refractivity contribution in [2.45, 2.75) is 6.92 Å². The number of benzene rings is 2. The van der Waals surface area contributed by atoms with Crippen molar-refractivity contribution in [3.63, 3.8) is 0 Å². The van der Waals surface area contributed by atoms with Gasteiger partial charge in [-0.15, -0.1) is 0 Å². The van der Waals surface area contributed by atoms with Crippen molar-refractivity contribution in [1.29, 1.82) is 0 Å². The fourth-order valence-corrected chi connectivity index (χ4v) is 2.54. The molecule has 2 aromatic rings. The SMILES string of the molecule is Cc1cc(NCCN2C(=O)c3ccccc3C2=O)ccc1N. The van der Waals surface area contributed by atoms with Gasteiger partial charge in [-0.3, -0.25) is 14.5 Å². The first kappa shape index (κ1) is 14.1. The molecule has 0 radical (unpaired) electrons. The molecule has 0 atom stereocenters. The van der Waals surface area contributed by atoms with Crippen LogP contribution >= 0.6 is 0 Å². The average Bonchev–Trinajstić information content (AvgIpc) is 2.76. The lowest BCUT2D eigenvalue weighted by molar-refractivity contribution is 0.0660.